The number of aliphatic hydroxyl groups is 1. The molecule has 6 nitrogen and oxygen atoms in total. The molecule has 0 aliphatic carbocycles. The first-order chi connectivity index (χ1) is 8.95. The summed E-state index contributed by atoms with van der Waals surface area (Å²) < 4.78 is 36.6. The van der Waals surface area contributed by atoms with Crippen LogP contribution in [0.15, 0.2) is 29.2 Å². The van der Waals surface area contributed by atoms with Gasteiger partial charge in [0.25, 0.3) is 0 Å². The van der Waals surface area contributed by atoms with Crippen molar-refractivity contribution in [3.05, 3.63) is 24.3 Å². The van der Waals surface area contributed by atoms with Crippen LogP contribution in [0.5, 0.6) is 5.75 Å². The van der Waals surface area contributed by atoms with Crippen molar-refractivity contribution in [2.45, 2.75) is 16.9 Å². The van der Waals surface area contributed by atoms with Gasteiger partial charge in [0.1, 0.15) is 11.4 Å². The van der Waals surface area contributed by atoms with Gasteiger partial charge in [0, 0.05) is 25.6 Å². The maximum absolute atomic E-state index is 12.1. The lowest BCUT2D eigenvalue weighted by atomic mass is 10.1. The molecule has 1 aliphatic heterocycles. The molecule has 106 valence electrons. The molecule has 1 fully saturated rings. The van der Waals surface area contributed by atoms with E-state index in [0.717, 1.165) is 0 Å². The second kappa shape index (κ2) is 5.46. The molecule has 1 aromatic rings. The molecule has 1 saturated heterocycles. The Balaban J connectivity index is 2.09. The van der Waals surface area contributed by atoms with Crippen molar-refractivity contribution in [2.75, 3.05) is 26.9 Å². The Kier molecular flexibility index (Phi) is 4.10. The van der Waals surface area contributed by atoms with Crippen LogP contribution in [0, 0.1) is 0 Å². The molecule has 19 heavy (non-hydrogen) atoms. The first-order valence-corrected chi connectivity index (χ1v) is 7.37. The lowest BCUT2D eigenvalue weighted by molar-refractivity contribution is 0.0314. The quantitative estimate of drug-likeness (QED) is 0.804. The van der Waals surface area contributed by atoms with Gasteiger partial charge >= 0.3 is 0 Å². The Morgan fingerprint density at radius 2 is 2.32 bits per heavy atom. The molecule has 0 spiro atoms. The molecule has 0 amide bonds. The van der Waals surface area contributed by atoms with E-state index in [4.69, 9.17) is 9.47 Å². The highest BCUT2D eigenvalue weighted by atomic mass is 32.2. The average molecular weight is 287 g/mol. The number of nitrogens with one attached hydrogen (secondary N) is 1. The number of sulfonamides is 1. The standard InChI is InChI=1S/C12H17NO5S/c1-17-10-3-2-4-11(7-10)19(15,16)13-8-12(14)5-6-18-9-12/h2-4,7,13-14H,5-6,8-9H2,1H3/t12-/m1/s1. The first kappa shape index (κ1) is 14.3. The minimum Gasteiger partial charge on any atom is -0.497 e. The van der Waals surface area contributed by atoms with Crippen LogP contribution in [0.4, 0.5) is 0 Å². The van der Waals surface area contributed by atoms with Crippen molar-refractivity contribution < 1.29 is 23.0 Å². The summed E-state index contributed by atoms with van der Waals surface area (Å²) in [6.07, 6.45) is 0.424. The van der Waals surface area contributed by atoms with Crippen LogP contribution in [-0.2, 0) is 14.8 Å². The van der Waals surface area contributed by atoms with Crippen molar-refractivity contribution in [2.24, 2.45) is 0 Å². The maximum Gasteiger partial charge on any atom is 0.240 e. The second-order valence-electron chi connectivity index (χ2n) is 4.53. The van der Waals surface area contributed by atoms with Gasteiger partial charge in [-0.05, 0) is 12.1 Å². The first-order valence-electron chi connectivity index (χ1n) is 5.89. The van der Waals surface area contributed by atoms with Crippen LogP contribution >= 0.6 is 0 Å². The van der Waals surface area contributed by atoms with Crippen molar-refractivity contribution in [1.29, 1.82) is 0 Å². The van der Waals surface area contributed by atoms with Gasteiger partial charge in [0.15, 0.2) is 0 Å². The zero-order chi connectivity index (χ0) is 13.9. The summed E-state index contributed by atoms with van der Waals surface area (Å²) in [5.74, 6) is 0.464. The van der Waals surface area contributed by atoms with Crippen molar-refractivity contribution in [3.8, 4) is 5.75 Å². The lowest BCUT2D eigenvalue weighted by Crippen LogP contribution is -2.43. The molecule has 1 heterocycles. The molecule has 0 radical (unpaired) electrons. The molecule has 2 N–H and O–H groups in total. The normalized spacial score (nSPS) is 23.5. The third-order valence-corrected chi connectivity index (χ3v) is 4.42. The van der Waals surface area contributed by atoms with Gasteiger partial charge in [-0.1, -0.05) is 6.07 Å². The second-order valence-corrected chi connectivity index (χ2v) is 6.30. The Bertz CT molecular complexity index is 537. The largest absolute Gasteiger partial charge is 0.497 e. The Morgan fingerprint density at radius 1 is 1.53 bits per heavy atom. The molecule has 0 aromatic heterocycles. The third kappa shape index (κ3) is 3.44. The Labute approximate surface area is 112 Å². The SMILES string of the molecule is COc1cccc(S(=O)(=O)NC[C@]2(O)CCOC2)c1. The van der Waals surface area contributed by atoms with E-state index in [-0.39, 0.29) is 18.0 Å². The minimum atomic E-state index is -3.66. The number of methoxy groups -OCH3 is 1. The van der Waals surface area contributed by atoms with E-state index in [0.29, 0.717) is 18.8 Å². The predicted octanol–water partition coefficient (Wildman–Crippen LogP) is 0.125. The molecule has 0 saturated carbocycles. The number of hydrogen-bond donors (Lipinski definition) is 2. The van der Waals surface area contributed by atoms with E-state index in [1.165, 1.54) is 19.2 Å². The fourth-order valence-electron chi connectivity index (χ4n) is 1.82. The van der Waals surface area contributed by atoms with Gasteiger partial charge in [0.2, 0.25) is 10.0 Å². The van der Waals surface area contributed by atoms with Gasteiger partial charge in [-0.15, -0.1) is 0 Å². The summed E-state index contributed by atoms with van der Waals surface area (Å²) in [5.41, 5.74) is -1.12. The van der Waals surface area contributed by atoms with Crippen LogP contribution in [0.2, 0.25) is 0 Å². The van der Waals surface area contributed by atoms with E-state index >= 15 is 0 Å². The van der Waals surface area contributed by atoms with E-state index < -0.39 is 15.6 Å². The van der Waals surface area contributed by atoms with Gasteiger partial charge in [-0.25, -0.2) is 13.1 Å². The van der Waals surface area contributed by atoms with Crippen molar-refractivity contribution >= 4 is 10.0 Å². The summed E-state index contributed by atoms with van der Waals surface area (Å²) in [7, 11) is -2.19. The molecule has 0 unspecified atom stereocenters. The fraction of sp³-hybridized carbons (Fsp3) is 0.500. The zero-order valence-corrected chi connectivity index (χ0v) is 11.4. The maximum atomic E-state index is 12.1. The van der Waals surface area contributed by atoms with E-state index in [9.17, 15) is 13.5 Å². The van der Waals surface area contributed by atoms with Gasteiger partial charge in [-0.2, -0.15) is 0 Å². The fourth-order valence-corrected chi connectivity index (χ4v) is 2.97. The third-order valence-electron chi connectivity index (χ3n) is 3.03. The van der Waals surface area contributed by atoms with Crippen molar-refractivity contribution in [1.82, 2.24) is 4.72 Å². The van der Waals surface area contributed by atoms with Gasteiger partial charge < -0.3 is 14.6 Å². The smallest absolute Gasteiger partial charge is 0.240 e. The highest BCUT2D eigenvalue weighted by Crippen LogP contribution is 2.20. The summed E-state index contributed by atoms with van der Waals surface area (Å²) in [4.78, 5) is 0.106. The molecule has 2 rings (SSSR count). The highest BCUT2D eigenvalue weighted by molar-refractivity contribution is 7.89. The molecule has 7 heteroatoms. The summed E-state index contributed by atoms with van der Waals surface area (Å²) in [6.45, 7) is 0.525. The van der Waals surface area contributed by atoms with Crippen LogP contribution in [-0.4, -0.2) is 46.0 Å². The molecule has 0 bridgehead atoms. The van der Waals surface area contributed by atoms with Gasteiger partial charge in [0.05, 0.1) is 18.6 Å². The van der Waals surface area contributed by atoms with Crippen molar-refractivity contribution in [3.63, 3.8) is 0 Å². The van der Waals surface area contributed by atoms with E-state index in [2.05, 4.69) is 4.72 Å². The minimum absolute atomic E-state index is 0.0630. The molecule has 1 aromatic carbocycles. The number of hydrogen-bond acceptors (Lipinski definition) is 5. The summed E-state index contributed by atoms with van der Waals surface area (Å²) in [5, 5.41) is 10.0. The Hall–Kier alpha value is -1.15. The van der Waals surface area contributed by atoms with Crippen LogP contribution in [0.1, 0.15) is 6.42 Å². The number of ether oxygens (including phenoxy) is 2. The van der Waals surface area contributed by atoms with Gasteiger partial charge in [-0.3, -0.25) is 0 Å². The monoisotopic (exact) mass is 287 g/mol. The molecule has 1 atom stereocenters. The molecule has 1 aliphatic rings. The highest BCUT2D eigenvalue weighted by Gasteiger charge is 2.33. The molecular weight excluding hydrogens is 270 g/mol. The predicted molar refractivity (Wildman–Crippen MR) is 68.6 cm³/mol. The van der Waals surface area contributed by atoms with E-state index in [1.54, 1.807) is 12.1 Å². The topological polar surface area (TPSA) is 84.9 Å². The van der Waals surface area contributed by atoms with E-state index in [1.807, 2.05) is 0 Å². The molecular formula is C12H17NO5S. The number of benzene rings is 1. The Morgan fingerprint density at radius 3 is 2.95 bits per heavy atom. The average Bonchev–Trinajstić information content (AvgIpc) is 2.84. The van der Waals surface area contributed by atoms with Crippen LogP contribution in [0.3, 0.4) is 0 Å². The summed E-state index contributed by atoms with van der Waals surface area (Å²) >= 11 is 0. The number of rotatable bonds is 5. The van der Waals surface area contributed by atoms with Crippen LogP contribution in [0.25, 0.3) is 0 Å². The van der Waals surface area contributed by atoms with Crippen LogP contribution < -0.4 is 9.46 Å². The zero-order valence-electron chi connectivity index (χ0n) is 10.6. The summed E-state index contributed by atoms with van der Waals surface area (Å²) in [6, 6.07) is 6.16. The lowest BCUT2D eigenvalue weighted by Gasteiger charge is -2.20.